The third-order valence-electron chi connectivity index (χ3n) is 6.71. The monoisotopic (exact) mass is 563 g/mol. The number of sulfonamides is 1. The average Bonchev–Trinajstić information content (AvgIpc) is 3.61. The summed E-state index contributed by atoms with van der Waals surface area (Å²) in [5.41, 5.74) is 6.63. The van der Waals surface area contributed by atoms with E-state index in [1.165, 1.54) is 16.4 Å². The number of ether oxygens (including phenoxy) is 1. The van der Waals surface area contributed by atoms with Crippen LogP contribution in [0, 0.1) is 16.6 Å². The fourth-order valence-electron chi connectivity index (χ4n) is 4.11. The second kappa shape index (κ2) is 11.3. The SMILES string of the molecule is CC1(CO/C(C(=O)Nc2cccc(Cl)c2)=C(/C=N)N2CCN(S(=O)(=O)Cc3ccc(F)c(N)c3)CC2)CC1. The summed E-state index contributed by atoms with van der Waals surface area (Å²) >= 11 is 6.05. The van der Waals surface area contributed by atoms with Gasteiger partial charge in [0.1, 0.15) is 11.5 Å². The number of benzene rings is 2. The molecule has 1 aliphatic carbocycles. The quantitative estimate of drug-likeness (QED) is 0.174. The molecule has 0 atom stereocenters. The van der Waals surface area contributed by atoms with Gasteiger partial charge in [0.15, 0.2) is 0 Å². The van der Waals surface area contributed by atoms with Gasteiger partial charge in [-0.1, -0.05) is 30.7 Å². The zero-order valence-corrected chi connectivity index (χ0v) is 22.6. The van der Waals surface area contributed by atoms with Crippen molar-refractivity contribution in [2.45, 2.75) is 25.5 Å². The molecule has 1 heterocycles. The number of amides is 1. The third kappa shape index (κ3) is 6.83. The van der Waals surface area contributed by atoms with Crippen molar-refractivity contribution in [3.63, 3.8) is 0 Å². The van der Waals surface area contributed by atoms with Gasteiger partial charge in [-0.25, -0.2) is 12.8 Å². The minimum Gasteiger partial charge on any atom is -0.486 e. The predicted octanol–water partition coefficient (Wildman–Crippen LogP) is 3.83. The van der Waals surface area contributed by atoms with Gasteiger partial charge < -0.3 is 26.1 Å². The molecule has 2 aromatic carbocycles. The molecule has 4 N–H and O–H groups in total. The van der Waals surface area contributed by atoms with E-state index >= 15 is 0 Å². The third-order valence-corrected chi connectivity index (χ3v) is 8.79. The number of nitrogens with two attached hydrogens (primary N) is 1. The first-order valence-electron chi connectivity index (χ1n) is 12.2. The number of hydrogen-bond acceptors (Lipinski definition) is 7. The van der Waals surface area contributed by atoms with Crippen LogP contribution in [-0.4, -0.2) is 62.5 Å². The summed E-state index contributed by atoms with van der Waals surface area (Å²) in [6.07, 6.45) is 3.05. The molecule has 0 aromatic heterocycles. The molecule has 9 nitrogen and oxygen atoms in total. The van der Waals surface area contributed by atoms with Crippen LogP contribution in [0.4, 0.5) is 15.8 Å². The molecular formula is C26H31ClFN5O4S. The summed E-state index contributed by atoms with van der Waals surface area (Å²) in [7, 11) is -3.69. The molecule has 2 aliphatic rings. The number of rotatable bonds is 10. The molecule has 0 spiro atoms. The van der Waals surface area contributed by atoms with Crippen molar-refractivity contribution >= 4 is 45.1 Å². The Hall–Kier alpha value is -3.15. The summed E-state index contributed by atoms with van der Waals surface area (Å²) < 4.78 is 46.8. The maximum absolute atomic E-state index is 13.5. The number of carbonyl (C=O) groups excluding carboxylic acids is 1. The number of carbonyl (C=O) groups is 1. The molecule has 4 rings (SSSR count). The number of anilines is 2. The number of nitrogens with one attached hydrogen (secondary N) is 2. The standard InChI is InChI=1S/C26H31ClFN5O4S/c1-26(7-8-26)17-37-24(25(34)31-20-4-2-3-19(27)14-20)23(15-29)32-9-11-33(12-10-32)38(35,36)16-18-5-6-21(28)22(30)13-18/h2-6,13-15,29H,7-12,16-17,30H2,1H3,(H,31,34)/b24-23-,29-15?. The lowest BCUT2D eigenvalue weighted by Gasteiger charge is -2.36. The van der Waals surface area contributed by atoms with Crippen molar-refractivity contribution in [3.05, 3.63) is 70.3 Å². The highest BCUT2D eigenvalue weighted by atomic mass is 35.5. The number of hydrogen-bond donors (Lipinski definition) is 3. The number of allylic oxidation sites excluding steroid dienone is 1. The van der Waals surface area contributed by atoms with E-state index in [2.05, 4.69) is 12.2 Å². The molecule has 1 saturated carbocycles. The first-order valence-corrected chi connectivity index (χ1v) is 14.2. The van der Waals surface area contributed by atoms with E-state index in [0.29, 0.717) is 22.9 Å². The first-order chi connectivity index (χ1) is 18.0. The van der Waals surface area contributed by atoms with Gasteiger partial charge in [-0.15, -0.1) is 0 Å². The van der Waals surface area contributed by atoms with Crippen molar-refractivity contribution in [1.82, 2.24) is 9.21 Å². The van der Waals surface area contributed by atoms with Crippen molar-refractivity contribution in [3.8, 4) is 0 Å². The Morgan fingerprint density at radius 3 is 2.53 bits per heavy atom. The second-order valence-electron chi connectivity index (χ2n) is 9.92. The van der Waals surface area contributed by atoms with Gasteiger partial charge in [0.25, 0.3) is 5.91 Å². The van der Waals surface area contributed by atoms with Crippen molar-refractivity contribution in [2.24, 2.45) is 5.41 Å². The lowest BCUT2D eigenvalue weighted by molar-refractivity contribution is -0.116. The minimum absolute atomic E-state index is 0.00574. The molecule has 0 bridgehead atoms. The molecule has 2 aromatic rings. The van der Waals surface area contributed by atoms with Gasteiger partial charge in [0, 0.05) is 48.5 Å². The molecular weight excluding hydrogens is 533 g/mol. The second-order valence-corrected chi connectivity index (χ2v) is 12.3. The summed E-state index contributed by atoms with van der Waals surface area (Å²) in [4.78, 5) is 15.0. The first kappa shape index (κ1) is 27.9. The Balaban J connectivity index is 1.49. The van der Waals surface area contributed by atoms with E-state index in [4.69, 9.17) is 27.5 Å². The van der Waals surface area contributed by atoms with Crippen molar-refractivity contribution in [1.29, 1.82) is 5.41 Å². The van der Waals surface area contributed by atoms with Crippen molar-refractivity contribution < 1.29 is 22.3 Å². The van der Waals surface area contributed by atoms with Crippen LogP contribution in [-0.2, 0) is 25.3 Å². The lowest BCUT2D eigenvalue weighted by Crippen LogP contribution is -2.49. The number of nitrogens with zero attached hydrogens (tertiary/aromatic N) is 2. The predicted molar refractivity (Wildman–Crippen MR) is 146 cm³/mol. The van der Waals surface area contributed by atoms with Gasteiger partial charge in [0.05, 0.1) is 18.0 Å². The maximum atomic E-state index is 13.5. The molecule has 0 radical (unpaired) electrons. The highest BCUT2D eigenvalue weighted by Crippen LogP contribution is 2.45. The number of halogens is 2. The zero-order valence-electron chi connectivity index (χ0n) is 21.0. The molecule has 1 saturated heterocycles. The van der Waals surface area contributed by atoms with Crippen LogP contribution >= 0.6 is 11.6 Å². The normalized spacial score (nSPS) is 17.9. The van der Waals surface area contributed by atoms with Gasteiger partial charge in [-0.05, 0) is 48.7 Å². The number of nitrogen functional groups attached to an aromatic ring is 1. The number of piperazine rings is 1. The van der Waals surface area contributed by atoms with E-state index in [-0.39, 0.29) is 54.5 Å². The fraction of sp³-hybridized carbons (Fsp3) is 0.385. The summed E-state index contributed by atoms with van der Waals surface area (Å²) in [5.74, 6) is -1.41. The van der Waals surface area contributed by atoms with Crippen LogP contribution in [0.3, 0.4) is 0 Å². The van der Waals surface area contributed by atoms with Crippen LogP contribution in [0.5, 0.6) is 0 Å². The van der Waals surface area contributed by atoms with E-state index < -0.39 is 21.7 Å². The van der Waals surface area contributed by atoms with Crippen LogP contribution in [0.2, 0.25) is 5.02 Å². The summed E-state index contributed by atoms with van der Waals surface area (Å²) in [6, 6.07) is 10.6. The van der Waals surface area contributed by atoms with Crippen LogP contribution in [0.25, 0.3) is 0 Å². The van der Waals surface area contributed by atoms with Crippen LogP contribution in [0.1, 0.15) is 25.3 Å². The Morgan fingerprint density at radius 1 is 1.21 bits per heavy atom. The Kier molecular flexibility index (Phi) is 8.29. The van der Waals surface area contributed by atoms with Gasteiger partial charge >= 0.3 is 0 Å². The summed E-state index contributed by atoms with van der Waals surface area (Å²) in [6.45, 7) is 3.21. The van der Waals surface area contributed by atoms with Crippen molar-refractivity contribution in [2.75, 3.05) is 43.8 Å². The topological polar surface area (TPSA) is 129 Å². The van der Waals surface area contributed by atoms with Gasteiger partial charge in [-0.2, -0.15) is 4.31 Å². The van der Waals surface area contributed by atoms with Gasteiger partial charge in [0.2, 0.25) is 15.8 Å². The molecule has 1 aliphatic heterocycles. The largest absolute Gasteiger partial charge is 0.486 e. The highest BCUT2D eigenvalue weighted by molar-refractivity contribution is 7.88. The molecule has 38 heavy (non-hydrogen) atoms. The van der Waals surface area contributed by atoms with Gasteiger partial charge in [-0.3, -0.25) is 4.79 Å². The molecule has 1 amide bonds. The summed E-state index contributed by atoms with van der Waals surface area (Å²) in [5, 5.41) is 11.3. The molecule has 12 heteroatoms. The maximum Gasteiger partial charge on any atom is 0.293 e. The smallest absolute Gasteiger partial charge is 0.293 e. The van der Waals surface area contributed by atoms with E-state index in [1.807, 2.05) is 0 Å². The zero-order chi connectivity index (χ0) is 27.5. The molecule has 2 fully saturated rings. The lowest BCUT2D eigenvalue weighted by atomic mass is 10.2. The highest BCUT2D eigenvalue weighted by Gasteiger charge is 2.39. The van der Waals surface area contributed by atoms with Crippen LogP contribution in [0.15, 0.2) is 53.9 Å². The fourth-order valence-corrected chi connectivity index (χ4v) is 5.80. The van der Waals surface area contributed by atoms with E-state index in [9.17, 15) is 17.6 Å². The van der Waals surface area contributed by atoms with Crippen LogP contribution < -0.4 is 11.1 Å². The minimum atomic E-state index is -3.69. The Bertz CT molecular complexity index is 1360. The van der Waals surface area contributed by atoms with E-state index in [1.54, 1.807) is 29.2 Å². The average molecular weight is 564 g/mol. The van der Waals surface area contributed by atoms with E-state index in [0.717, 1.165) is 25.1 Å². The molecule has 0 unspecified atom stereocenters. The molecule has 204 valence electrons. The Labute approximate surface area is 226 Å². The Morgan fingerprint density at radius 2 is 1.92 bits per heavy atom.